The van der Waals surface area contributed by atoms with Gasteiger partial charge in [-0.2, -0.15) is 0 Å². The maximum Gasteiger partial charge on any atom is 0.220 e. The van der Waals surface area contributed by atoms with Crippen LogP contribution >= 0.6 is 24.8 Å². The highest BCUT2D eigenvalue weighted by atomic mass is 35.5. The number of halogens is 2. The molecule has 0 bridgehead atoms. The van der Waals surface area contributed by atoms with E-state index in [9.17, 15) is 4.79 Å². The third kappa shape index (κ3) is 5.98. The van der Waals surface area contributed by atoms with Gasteiger partial charge in [0.2, 0.25) is 5.91 Å². The van der Waals surface area contributed by atoms with Gasteiger partial charge in [-0.1, -0.05) is 0 Å². The van der Waals surface area contributed by atoms with Gasteiger partial charge in [-0.05, 0) is 51.1 Å². The van der Waals surface area contributed by atoms with Crippen LogP contribution in [0.1, 0.15) is 50.0 Å². The van der Waals surface area contributed by atoms with Crippen LogP contribution in [0, 0.1) is 5.92 Å². The number of nitrogens with zero attached hydrogens (tertiary/aromatic N) is 2. The lowest BCUT2D eigenvalue weighted by molar-refractivity contribution is -0.121. The summed E-state index contributed by atoms with van der Waals surface area (Å²) in [5.74, 6) is 2.07. The van der Waals surface area contributed by atoms with Crippen molar-refractivity contribution < 1.29 is 4.79 Å². The van der Waals surface area contributed by atoms with E-state index in [1.807, 2.05) is 0 Å². The summed E-state index contributed by atoms with van der Waals surface area (Å²) in [6, 6.07) is 0. The predicted octanol–water partition coefficient (Wildman–Crippen LogP) is 2.46. The zero-order chi connectivity index (χ0) is 14.5. The van der Waals surface area contributed by atoms with Crippen LogP contribution in [0.5, 0.6) is 0 Å². The molecule has 3 rings (SSSR count). The Kier molecular flexibility index (Phi) is 8.95. The van der Waals surface area contributed by atoms with E-state index in [1.54, 1.807) is 0 Å². The monoisotopic (exact) mass is 362 g/mol. The summed E-state index contributed by atoms with van der Waals surface area (Å²) in [5, 5.41) is 6.38. The Morgan fingerprint density at radius 1 is 1.30 bits per heavy atom. The molecular formula is C16H28Cl2N4O. The molecule has 1 saturated heterocycles. The van der Waals surface area contributed by atoms with Crippen molar-refractivity contribution in [2.75, 3.05) is 13.1 Å². The minimum absolute atomic E-state index is 0. The second-order valence-electron chi connectivity index (χ2n) is 6.31. The Balaban J connectivity index is 0.00000132. The van der Waals surface area contributed by atoms with Gasteiger partial charge in [0, 0.05) is 25.6 Å². The van der Waals surface area contributed by atoms with Gasteiger partial charge in [0.05, 0.1) is 12.2 Å². The van der Waals surface area contributed by atoms with E-state index in [-0.39, 0.29) is 30.7 Å². The fraction of sp³-hybridized carbons (Fsp3) is 0.750. The smallest absolute Gasteiger partial charge is 0.220 e. The summed E-state index contributed by atoms with van der Waals surface area (Å²) in [6.45, 7) is 3.86. The topological polar surface area (TPSA) is 59.0 Å². The minimum Gasteiger partial charge on any atom is -0.350 e. The second kappa shape index (κ2) is 10.2. The number of imidazole rings is 1. The van der Waals surface area contributed by atoms with Crippen LogP contribution in [0.25, 0.3) is 0 Å². The van der Waals surface area contributed by atoms with Crippen LogP contribution < -0.4 is 10.6 Å². The average molecular weight is 363 g/mol. The van der Waals surface area contributed by atoms with E-state index < -0.39 is 0 Å². The fourth-order valence-electron chi connectivity index (χ4n) is 3.34. The number of aromatic nitrogens is 2. The molecule has 1 fully saturated rings. The van der Waals surface area contributed by atoms with Gasteiger partial charge in [0.15, 0.2) is 0 Å². The van der Waals surface area contributed by atoms with Gasteiger partial charge in [-0.15, -0.1) is 24.8 Å². The van der Waals surface area contributed by atoms with Crippen molar-refractivity contribution in [1.29, 1.82) is 0 Å². The van der Waals surface area contributed by atoms with E-state index in [4.69, 9.17) is 0 Å². The molecule has 0 radical (unpaired) electrons. The molecule has 2 aliphatic heterocycles. The van der Waals surface area contributed by atoms with Crippen LogP contribution in [0.15, 0.2) is 6.20 Å². The third-order valence-electron chi connectivity index (χ3n) is 4.66. The van der Waals surface area contributed by atoms with Gasteiger partial charge >= 0.3 is 0 Å². The molecular weight excluding hydrogens is 335 g/mol. The van der Waals surface area contributed by atoms with E-state index >= 15 is 0 Å². The molecule has 3 heterocycles. The SMILES string of the molecule is Cl.Cl.O=C(CCC1CCNCC1)NCc1cn2c(n1)CCCC2. The van der Waals surface area contributed by atoms with Crippen molar-refractivity contribution in [2.45, 2.75) is 58.0 Å². The number of carbonyl (C=O) groups is 1. The highest BCUT2D eigenvalue weighted by Crippen LogP contribution is 2.18. The lowest BCUT2D eigenvalue weighted by Gasteiger charge is -2.22. The molecule has 2 aliphatic rings. The molecule has 1 amide bonds. The van der Waals surface area contributed by atoms with Crippen molar-refractivity contribution in [3.8, 4) is 0 Å². The predicted molar refractivity (Wildman–Crippen MR) is 96.3 cm³/mol. The van der Waals surface area contributed by atoms with Gasteiger partial charge in [-0.25, -0.2) is 4.98 Å². The number of hydrogen-bond acceptors (Lipinski definition) is 3. The van der Waals surface area contributed by atoms with Crippen molar-refractivity contribution in [1.82, 2.24) is 20.2 Å². The number of carbonyl (C=O) groups excluding carboxylic acids is 1. The minimum atomic E-state index is 0. The summed E-state index contributed by atoms with van der Waals surface area (Å²) in [6.07, 6.45) is 9.74. The summed E-state index contributed by atoms with van der Waals surface area (Å²) in [7, 11) is 0. The highest BCUT2D eigenvalue weighted by Gasteiger charge is 2.15. The summed E-state index contributed by atoms with van der Waals surface area (Å²) >= 11 is 0. The molecule has 132 valence electrons. The van der Waals surface area contributed by atoms with E-state index in [1.165, 1.54) is 31.5 Å². The Morgan fingerprint density at radius 3 is 2.83 bits per heavy atom. The fourth-order valence-corrected chi connectivity index (χ4v) is 3.34. The van der Waals surface area contributed by atoms with Crippen molar-refractivity contribution in [3.05, 3.63) is 17.7 Å². The number of rotatable bonds is 5. The number of amides is 1. The van der Waals surface area contributed by atoms with E-state index in [0.717, 1.165) is 44.1 Å². The third-order valence-corrected chi connectivity index (χ3v) is 4.66. The Morgan fingerprint density at radius 2 is 2.09 bits per heavy atom. The normalized spacial score (nSPS) is 17.6. The lowest BCUT2D eigenvalue weighted by Crippen LogP contribution is -2.29. The molecule has 2 N–H and O–H groups in total. The largest absolute Gasteiger partial charge is 0.350 e. The highest BCUT2D eigenvalue weighted by molar-refractivity contribution is 5.85. The lowest BCUT2D eigenvalue weighted by atomic mass is 9.93. The van der Waals surface area contributed by atoms with Crippen LogP contribution in [0.2, 0.25) is 0 Å². The molecule has 0 unspecified atom stereocenters. The molecule has 5 nitrogen and oxygen atoms in total. The quantitative estimate of drug-likeness (QED) is 0.845. The summed E-state index contributed by atoms with van der Waals surface area (Å²) in [5.41, 5.74) is 1.00. The molecule has 0 saturated carbocycles. The molecule has 0 spiro atoms. The molecule has 1 aromatic heterocycles. The zero-order valence-electron chi connectivity index (χ0n) is 13.6. The first-order chi connectivity index (χ1) is 10.3. The van der Waals surface area contributed by atoms with Gasteiger partial charge in [-0.3, -0.25) is 4.79 Å². The van der Waals surface area contributed by atoms with Gasteiger partial charge < -0.3 is 15.2 Å². The standard InChI is InChI=1S/C16H26N4O.2ClH/c21-16(5-4-13-6-8-17-9-7-13)18-11-14-12-20-10-2-1-3-15(20)19-14;;/h12-13,17H,1-11H2,(H,18,21);2*1H. The molecule has 0 aliphatic carbocycles. The summed E-state index contributed by atoms with van der Waals surface area (Å²) in [4.78, 5) is 16.6. The molecule has 0 aromatic carbocycles. The van der Waals surface area contributed by atoms with Crippen LogP contribution in [0.3, 0.4) is 0 Å². The van der Waals surface area contributed by atoms with Gasteiger partial charge in [0.1, 0.15) is 5.82 Å². The molecule has 1 aromatic rings. The Labute approximate surface area is 150 Å². The first kappa shape index (κ1) is 20.3. The number of aryl methyl sites for hydroxylation is 2. The first-order valence-corrected chi connectivity index (χ1v) is 8.33. The Hall–Kier alpha value is -0.780. The van der Waals surface area contributed by atoms with Crippen molar-refractivity contribution in [2.24, 2.45) is 5.92 Å². The maximum atomic E-state index is 11.9. The number of fused-ring (bicyclic) bond motifs is 1. The van der Waals surface area contributed by atoms with E-state index in [0.29, 0.717) is 13.0 Å². The molecule has 23 heavy (non-hydrogen) atoms. The first-order valence-electron chi connectivity index (χ1n) is 8.33. The Bertz CT molecular complexity index is 463. The zero-order valence-corrected chi connectivity index (χ0v) is 15.2. The summed E-state index contributed by atoms with van der Waals surface area (Å²) < 4.78 is 2.24. The number of nitrogens with one attached hydrogen (secondary N) is 2. The van der Waals surface area contributed by atoms with Crippen LogP contribution in [0.4, 0.5) is 0 Å². The number of hydrogen-bond donors (Lipinski definition) is 2. The van der Waals surface area contributed by atoms with Crippen molar-refractivity contribution in [3.63, 3.8) is 0 Å². The van der Waals surface area contributed by atoms with Crippen molar-refractivity contribution >= 4 is 30.7 Å². The van der Waals surface area contributed by atoms with Gasteiger partial charge in [0.25, 0.3) is 0 Å². The number of piperidine rings is 1. The molecule has 0 atom stereocenters. The maximum absolute atomic E-state index is 11.9. The van der Waals surface area contributed by atoms with E-state index in [2.05, 4.69) is 26.4 Å². The van der Waals surface area contributed by atoms with Crippen LogP contribution in [-0.2, 0) is 24.3 Å². The second-order valence-corrected chi connectivity index (χ2v) is 6.31. The average Bonchev–Trinajstić information content (AvgIpc) is 2.95. The molecule has 7 heteroatoms. The van der Waals surface area contributed by atoms with Crippen LogP contribution in [-0.4, -0.2) is 28.5 Å².